The van der Waals surface area contributed by atoms with Crippen molar-refractivity contribution in [3.05, 3.63) is 42.0 Å². The first kappa shape index (κ1) is 13.8. The normalized spacial score (nSPS) is 14.3. The zero-order valence-electron chi connectivity index (χ0n) is 11.7. The van der Waals surface area contributed by atoms with Crippen LogP contribution in [0, 0.1) is 0 Å². The van der Waals surface area contributed by atoms with Crippen molar-refractivity contribution in [2.75, 3.05) is 13.7 Å². The molecule has 3 nitrogen and oxygen atoms in total. The lowest BCUT2D eigenvalue weighted by molar-refractivity contribution is 0.243. The van der Waals surface area contributed by atoms with Gasteiger partial charge in [-0.05, 0) is 30.9 Å². The molecule has 2 atom stereocenters. The minimum absolute atomic E-state index is 0.0795. The van der Waals surface area contributed by atoms with E-state index in [1.54, 1.807) is 7.11 Å². The van der Waals surface area contributed by atoms with Gasteiger partial charge in [0, 0.05) is 17.5 Å². The average Bonchev–Trinajstić information content (AvgIpc) is 2.45. The quantitative estimate of drug-likeness (QED) is 0.867. The molecule has 0 amide bonds. The van der Waals surface area contributed by atoms with E-state index in [0.717, 1.165) is 11.1 Å². The van der Waals surface area contributed by atoms with E-state index < -0.39 is 0 Å². The summed E-state index contributed by atoms with van der Waals surface area (Å²) < 4.78 is 5.40. The first-order valence-electron chi connectivity index (χ1n) is 6.60. The molecule has 3 heteroatoms. The summed E-state index contributed by atoms with van der Waals surface area (Å²) in [4.78, 5) is 0. The van der Waals surface area contributed by atoms with Crippen molar-refractivity contribution < 1.29 is 9.84 Å². The summed E-state index contributed by atoms with van der Waals surface area (Å²) in [6, 6.07) is 12.6. The maximum Gasteiger partial charge on any atom is 0.126 e. The van der Waals surface area contributed by atoms with Crippen LogP contribution in [0.25, 0.3) is 10.8 Å². The number of nitrogens with one attached hydrogen (secondary N) is 1. The highest BCUT2D eigenvalue weighted by Gasteiger charge is 2.13. The summed E-state index contributed by atoms with van der Waals surface area (Å²) in [5, 5.41) is 14.8. The Labute approximate surface area is 114 Å². The molecule has 0 aliphatic carbocycles. The summed E-state index contributed by atoms with van der Waals surface area (Å²) in [7, 11) is 1.69. The highest BCUT2D eigenvalue weighted by Crippen LogP contribution is 2.31. The summed E-state index contributed by atoms with van der Waals surface area (Å²) >= 11 is 0. The zero-order chi connectivity index (χ0) is 13.8. The van der Waals surface area contributed by atoms with Crippen LogP contribution in [0.2, 0.25) is 0 Å². The van der Waals surface area contributed by atoms with E-state index in [9.17, 15) is 0 Å². The van der Waals surface area contributed by atoms with Gasteiger partial charge >= 0.3 is 0 Å². The van der Waals surface area contributed by atoms with E-state index in [1.807, 2.05) is 25.1 Å². The standard InChI is InChI=1S/C16H21NO2/c1-11(10-18)17-12(2)13-8-9-16(19-3)15-7-5-4-6-14(13)15/h4-9,11-12,17-18H,10H2,1-3H3/t11-,12?/m1/s1. The molecule has 0 aromatic heterocycles. The fourth-order valence-corrected chi connectivity index (χ4v) is 2.42. The fraction of sp³-hybridized carbons (Fsp3) is 0.375. The van der Waals surface area contributed by atoms with Gasteiger partial charge in [-0.1, -0.05) is 30.3 Å². The predicted molar refractivity (Wildman–Crippen MR) is 78.6 cm³/mol. The average molecular weight is 259 g/mol. The molecule has 2 aromatic rings. The molecular formula is C16H21NO2. The fourth-order valence-electron chi connectivity index (χ4n) is 2.42. The first-order valence-corrected chi connectivity index (χ1v) is 6.60. The van der Waals surface area contributed by atoms with Crippen molar-refractivity contribution in [2.45, 2.75) is 25.9 Å². The van der Waals surface area contributed by atoms with E-state index in [1.165, 1.54) is 10.9 Å². The summed E-state index contributed by atoms with van der Waals surface area (Å²) in [6.45, 7) is 4.22. The number of rotatable bonds is 5. The molecule has 0 spiro atoms. The Kier molecular flexibility index (Phi) is 4.40. The van der Waals surface area contributed by atoms with Crippen molar-refractivity contribution >= 4 is 10.8 Å². The number of aliphatic hydroxyl groups is 1. The largest absolute Gasteiger partial charge is 0.496 e. The van der Waals surface area contributed by atoms with Crippen LogP contribution < -0.4 is 10.1 Å². The smallest absolute Gasteiger partial charge is 0.126 e. The third-order valence-corrected chi connectivity index (χ3v) is 3.41. The van der Waals surface area contributed by atoms with Crippen LogP contribution >= 0.6 is 0 Å². The molecule has 0 saturated carbocycles. The molecule has 0 bridgehead atoms. The van der Waals surface area contributed by atoms with E-state index in [-0.39, 0.29) is 18.7 Å². The van der Waals surface area contributed by atoms with E-state index in [2.05, 4.69) is 30.4 Å². The molecule has 2 N–H and O–H groups in total. The number of fused-ring (bicyclic) bond motifs is 1. The third-order valence-electron chi connectivity index (χ3n) is 3.41. The van der Waals surface area contributed by atoms with Crippen LogP contribution in [0.5, 0.6) is 5.75 Å². The molecule has 2 aromatic carbocycles. The maximum atomic E-state index is 9.14. The minimum atomic E-state index is 0.0795. The lowest BCUT2D eigenvalue weighted by Gasteiger charge is -2.21. The molecule has 0 fully saturated rings. The van der Waals surface area contributed by atoms with Gasteiger partial charge in [0.2, 0.25) is 0 Å². The predicted octanol–water partition coefficient (Wildman–Crippen LogP) is 2.88. The Morgan fingerprint density at radius 3 is 2.42 bits per heavy atom. The second-order valence-corrected chi connectivity index (χ2v) is 4.87. The molecule has 1 unspecified atom stereocenters. The third kappa shape index (κ3) is 2.88. The number of hydrogen-bond acceptors (Lipinski definition) is 3. The van der Waals surface area contributed by atoms with Crippen LogP contribution in [0.4, 0.5) is 0 Å². The summed E-state index contributed by atoms with van der Waals surface area (Å²) in [6.07, 6.45) is 0. The van der Waals surface area contributed by atoms with Crippen LogP contribution in [0.15, 0.2) is 36.4 Å². The van der Waals surface area contributed by atoms with E-state index in [0.29, 0.717) is 0 Å². The highest BCUT2D eigenvalue weighted by atomic mass is 16.5. The molecule has 19 heavy (non-hydrogen) atoms. The molecule has 0 aliphatic heterocycles. The van der Waals surface area contributed by atoms with E-state index in [4.69, 9.17) is 9.84 Å². The van der Waals surface area contributed by atoms with Gasteiger partial charge in [0.1, 0.15) is 5.75 Å². The van der Waals surface area contributed by atoms with Gasteiger partial charge in [0.15, 0.2) is 0 Å². The number of benzene rings is 2. The Hall–Kier alpha value is -1.58. The molecule has 2 rings (SSSR count). The van der Waals surface area contributed by atoms with Gasteiger partial charge in [0.05, 0.1) is 13.7 Å². The second kappa shape index (κ2) is 6.04. The van der Waals surface area contributed by atoms with Gasteiger partial charge < -0.3 is 15.2 Å². The van der Waals surface area contributed by atoms with Crippen molar-refractivity contribution in [3.63, 3.8) is 0 Å². The molecule has 0 heterocycles. The molecular weight excluding hydrogens is 238 g/mol. The maximum absolute atomic E-state index is 9.14. The first-order chi connectivity index (χ1) is 9.17. The lowest BCUT2D eigenvalue weighted by atomic mass is 9.98. The van der Waals surface area contributed by atoms with Crippen molar-refractivity contribution in [1.82, 2.24) is 5.32 Å². The van der Waals surface area contributed by atoms with Crippen LogP contribution in [0.3, 0.4) is 0 Å². The molecule has 0 radical (unpaired) electrons. The molecule has 102 valence electrons. The molecule has 0 aliphatic rings. The number of aliphatic hydroxyl groups excluding tert-OH is 1. The van der Waals surface area contributed by atoms with Crippen LogP contribution in [-0.2, 0) is 0 Å². The number of ether oxygens (including phenoxy) is 1. The summed E-state index contributed by atoms with van der Waals surface area (Å²) in [5.41, 5.74) is 1.22. The van der Waals surface area contributed by atoms with Gasteiger partial charge in [0.25, 0.3) is 0 Å². The van der Waals surface area contributed by atoms with Crippen molar-refractivity contribution in [3.8, 4) is 5.75 Å². The monoisotopic (exact) mass is 259 g/mol. The van der Waals surface area contributed by atoms with Gasteiger partial charge in [-0.25, -0.2) is 0 Å². The van der Waals surface area contributed by atoms with Gasteiger partial charge in [-0.3, -0.25) is 0 Å². The number of methoxy groups -OCH3 is 1. The van der Waals surface area contributed by atoms with E-state index >= 15 is 0 Å². The number of hydrogen-bond donors (Lipinski definition) is 2. The Morgan fingerprint density at radius 1 is 1.11 bits per heavy atom. The van der Waals surface area contributed by atoms with Gasteiger partial charge in [-0.15, -0.1) is 0 Å². The van der Waals surface area contributed by atoms with Crippen LogP contribution in [0.1, 0.15) is 25.5 Å². The lowest BCUT2D eigenvalue weighted by Crippen LogP contribution is -2.31. The van der Waals surface area contributed by atoms with Gasteiger partial charge in [-0.2, -0.15) is 0 Å². The Morgan fingerprint density at radius 2 is 1.79 bits per heavy atom. The second-order valence-electron chi connectivity index (χ2n) is 4.87. The topological polar surface area (TPSA) is 41.5 Å². The van der Waals surface area contributed by atoms with Crippen molar-refractivity contribution in [2.24, 2.45) is 0 Å². The SMILES string of the molecule is COc1ccc(C(C)N[C@H](C)CO)c2ccccc12. The highest BCUT2D eigenvalue weighted by molar-refractivity contribution is 5.91. The molecule has 0 saturated heterocycles. The minimum Gasteiger partial charge on any atom is -0.496 e. The zero-order valence-corrected chi connectivity index (χ0v) is 11.7. The summed E-state index contributed by atoms with van der Waals surface area (Å²) in [5.74, 6) is 0.891. The van der Waals surface area contributed by atoms with Crippen molar-refractivity contribution in [1.29, 1.82) is 0 Å². The Balaban J connectivity index is 2.44. The Bertz CT molecular complexity index is 553. The van der Waals surface area contributed by atoms with Crippen LogP contribution in [-0.4, -0.2) is 24.9 Å².